The Morgan fingerprint density at radius 1 is 0.971 bits per heavy atom. The minimum absolute atomic E-state index is 0. The molecule has 0 fully saturated rings. The van der Waals surface area contributed by atoms with Crippen molar-refractivity contribution >= 4 is 36.1 Å². The van der Waals surface area contributed by atoms with Gasteiger partial charge in [0.15, 0.2) is 12.1 Å². The standard InChI is InChI=1S/C15H8F4O3.C8H9NO2.ClH/c16-12-6-2-4-10(8-20)13(12)14(21)9-3-1-5-11(7-9)22-15(17,18)19;1-11-8(10)6-4-2-3-5-7(6)9;/h1-8H;2-5H,9H2,1H3;1H. The number of hydrogen-bond acceptors (Lipinski definition) is 6. The van der Waals surface area contributed by atoms with E-state index >= 15 is 0 Å². The highest BCUT2D eigenvalue weighted by Crippen LogP contribution is 2.25. The van der Waals surface area contributed by atoms with Crippen LogP contribution >= 0.6 is 12.4 Å². The molecular formula is C23H18ClF4NO5. The number of para-hydroxylation sites is 1. The van der Waals surface area contributed by atoms with E-state index in [4.69, 9.17) is 5.73 Å². The summed E-state index contributed by atoms with van der Waals surface area (Å²) in [6.45, 7) is 0. The second-order valence-electron chi connectivity index (χ2n) is 6.31. The number of alkyl halides is 3. The average Bonchev–Trinajstić information content (AvgIpc) is 2.77. The Labute approximate surface area is 197 Å². The molecule has 0 heterocycles. The van der Waals surface area contributed by atoms with Gasteiger partial charge in [0.05, 0.1) is 18.2 Å². The Balaban J connectivity index is 0.000000407. The van der Waals surface area contributed by atoms with Crippen molar-refractivity contribution in [3.63, 3.8) is 0 Å². The second-order valence-corrected chi connectivity index (χ2v) is 6.31. The molecule has 3 aromatic rings. The van der Waals surface area contributed by atoms with Crippen LogP contribution in [0.4, 0.5) is 23.2 Å². The molecule has 0 unspecified atom stereocenters. The van der Waals surface area contributed by atoms with Gasteiger partial charge in [-0.15, -0.1) is 25.6 Å². The normalized spacial score (nSPS) is 10.1. The molecule has 2 N–H and O–H groups in total. The number of benzene rings is 3. The summed E-state index contributed by atoms with van der Waals surface area (Å²) in [6.07, 6.45) is -4.61. The third-order valence-corrected chi connectivity index (χ3v) is 4.10. The van der Waals surface area contributed by atoms with Crippen molar-refractivity contribution in [1.82, 2.24) is 0 Å². The molecule has 0 bridgehead atoms. The lowest BCUT2D eigenvalue weighted by Crippen LogP contribution is -2.17. The number of ketones is 1. The number of methoxy groups -OCH3 is 1. The van der Waals surface area contributed by atoms with E-state index in [2.05, 4.69) is 9.47 Å². The van der Waals surface area contributed by atoms with Crippen LogP contribution in [0.25, 0.3) is 0 Å². The van der Waals surface area contributed by atoms with Gasteiger partial charge in [0.2, 0.25) is 0 Å². The Morgan fingerprint density at radius 2 is 1.62 bits per heavy atom. The van der Waals surface area contributed by atoms with Gasteiger partial charge in [0.25, 0.3) is 0 Å². The first kappa shape index (κ1) is 28.1. The van der Waals surface area contributed by atoms with Crippen LogP contribution in [0.2, 0.25) is 0 Å². The highest BCUT2D eigenvalue weighted by molar-refractivity contribution is 6.13. The van der Waals surface area contributed by atoms with Crippen molar-refractivity contribution in [3.05, 3.63) is 94.8 Å². The van der Waals surface area contributed by atoms with Gasteiger partial charge in [-0.25, -0.2) is 9.18 Å². The summed E-state index contributed by atoms with van der Waals surface area (Å²) in [6, 6.07) is 14.5. The molecule has 180 valence electrons. The number of aldehydes is 1. The zero-order valence-electron chi connectivity index (χ0n) is 17.5. The minimum Gasteiger partial charge on any atom is -0.465 e. The topological polar surface area (TPSA) is 95.7 Å². The van der Waals surface area contributed by atoms with Gasteiger partial charge in [-0.1, -0.05) is 36.4 Å². The van der Waals surface area contributed by atoms with Gasteiger partial charge in [-0.3, -0.25) is 9.59 Å². The van der Waals surface area contributed by atoms with E-state index in [1.54, 1.807) is 24.3 Å². The summed E-state index contributed by atoms with van der Waals surface area (Å²) in [5, 5.41) is 0. The number of nitrogen functional groups attached to an aromatic ring is 1. The maximum atomic E-state index is 13.8. The van der Waals surface area contributed by atoms with Crippen molar-refractivity contribution in [2.24, 2.45) is 0 Å². The van der Waals surface area contributed by atoms with Gasteiger partial charge in [0, 0.05) is 16.8 Å². The Bertz CT molecular complexity index is 1170. The molecular weight excluding hydrogens is 482 g/mol. The van der Waals surface area contributed by atoms with Crippen molar-refractivity contribution < 1.29 is 41.4 Å². The van der Waals surface area contributed by atoms with Crippen molar-refractivity contribution in [2.45, 2.75) is 6.36 Å². The maximum absolute atomic E-state index is 13.8. The number of nitrogens with two attached hydrogens (primary N) is 1. The fourth-order valence-electron chi connectivity index (χ4n) is 2.65. The SMILES string of the molecule is COC(=O)c1ccccc1N.Cl.O=Cc1cccc(F)c1C(=O)c1cccc(OC(F)(F)F)c1. The number of rotatable bonds is 5. The molecule has 34 heavy (non-hydrogen) atoms. The van der Waals surface area contributed by atoms with Gasteiger partial charge >= 0.3 is 12.3 Å². The van der Waals surface area contributed by atoms with Crippen LogP contribution in [0.3, 0.4) is 0 Å². The molecule has 3 aromatic carbocycles. The molecule has 3 rings (SSSR count). The van der Waals surface area contributed by atoms with Crippen LogP contribution in [-0.4, -0.2) is 31.5 Å². The van der Waals surface area contributed by atoms with Gasteiger partial charge in [-0.2, -0.15) is 0 Å². The Kier molecular flexibility index (Phi) is 10.2. The molecule has 6 nitrogen and oxygen atoms in total. The first-order chi connectivity index (χ1) is 15.6. The second kappa shape index (κ2) is 12.4. The third kappa shape index (κ3) is 7.59. The molecule has 0 saturated carbocycles. The van der Waals surface area contributed by atoms with Crippen molar-refractivity contribution in [3.8, 4) is 5.75 Å². The summed E-state index contributed by atoms with van der Waals surface area (Å²) in [4.78, 5) is 34.0. The van der Waals surface area contributed by atoms with Crippen LogP contribution in [0.15, 0.2) is 66.7 Å². The van der Waals surface area contributed by atoms with E-state index in [0.29, 0.717) is 17.5 Å². The fraction of sp³-hybridized carbons (Fsp3) is 0.0870. The van der Waals surface area contributed by atoms with E-state index < -0.39 is 35.2 Å². The van der Waals surface area contributed by atoms with E-state index in [9.17, 15) is 31.9 Å². The maximum Gasteiger partial charge on any atom is 0.573 e. The monoisotopic (exact) mass is 499 g/mol. The van der Waals surface area contributed by atoms with E-state index in [1.807, 2.05) is 0 Å². The highest BCUT2D eigenvalue weighted by Gasteiger charge is 2.31. The van der Waals surface area contributed by atoms with Crippen molar-refractivity contribution in [2.75, 3.05) is 12.8 Å². The average molecular weight is 500 g/mol. The number of carbonyl (C=O) groups is 3. The van der Waals surface area contributed by atoms with Gasteiger partial charge in [-0.05, 0) is 30.3 Å². The lowest BCUT2D eigenvalue weighted by molar-refractivity contribution is -0.274. The summed E-state index contributed by atoms with van der Waals surface area (Å²) in [5.74, 6) is -2.85. The minimum atomic E-state index is -4.91. The largest absolute Gasteiger partial charge is 0.573 e. The predicted molar refractivity (Wildman–Crippen MR) is 118 cm³/mol. The fourth-order valence-corrected chi connectivity index (χ4v) is 2.65. The number of hydrogen-bond donors (Lipinski definition) is 1. The molecule has 0 aliphatic rings. The van der Waals surface area contributed by atoms with Crippen LogP contribution < -0.4 is 10.5 Å². The first-order valence-corrected chi connectivity index (χ1v) is 9.14. The summed E-state index contributed by atoms with van der Waals surface area (Å²) < 4.78 is 58.5. The van der Waals surface area contributed by atoms with Crippen molar-refractivity contribution in [1.29, 1.82) is 0 Å². The van der Waals surface area contributed by atoms with E-state index in [1.165, 1.54) is 25.3 Å². The lowest BCUT2D eigenvalue weighted by atomic mass is 9.98. The smallest absolute Gasteiger partial charge is 0.465 e. The predicted octanol–water partition coefficient (Wildman–Crippen LogP) is 5.25. The number of anilines is 1. The summed E-state index contributed by atoms with van der Waals surface area (Å²) in [7, 11) is 1.33. The van der Waals surface area contributed by atoms with E-state index in [-0.39, 0.29) is 23.5 Å². The zero-order chi connectivity index (χ0) is 24.6. The lowest BCUT2D eigenvalue weighted by Gasteiger charge is -2.10. The number of ether oxygens (including phenoxy) is 2. The van der Waals surface area contributed by atoms with Crippen LogP contribution in [0.1, 0.15) is 36.6 Å². The molecule has 0 aliphatic heterocycles. The quantitative estimate of drug-likeness (QED) is 0.169. The molecule has 0 saturated heterocycles. The Morgan fingerprint density at radius 3 is 2.21 bits per heavy atom. The molecule has 0 atom stereocenters. The zero-order valence-corrected chi connectivity index (χ0v) is 18.3. The molecule has 0 radical (unpaired) electrons. The van der Waals surface area contributed by atoms with Gasteiger partial charge in [0.1, 0.15) is 11.6 Å². The number of halogens is 5. The molecule has 0 aliphatic carbocycles. The molecule has 0 amide bonds. The molecule has 0 aromatic heterocycles. The first-order valence-electron chi connectivity index (χ1n) is 9.14. The van der Waals surface area contributed by atoms with Crippen LogP contribution in [0, 0.1) is 5.82 Å². The number of carbonyl (C=O) groups excluding carboxylic acids is 3. The summed E-state index contributed by atoms with van der Waals surface area (Å²) >= 11 is 0. The highest BCUT2D eigenvalue weighted by atomic mass is 35.5. The van der Waals surface area contributed by atoms with E-state index in [0.717, 1.165) is 24.3 Å². The van der Waals surface area contributed by atoms with Crippen LogP contribution in [0.5, 0.6) is 5.75 Å². The molecule has 0 spiro atoms. The summed E-state index contributed by atoms with van der Waals surface area (Å²) in [5.41, 5.74) is 5.44. The Hall–Kier alpha value is -3.92. The third-order valence-electron chi connectivity index (χ3n) is 4.10. The van der Waals surface area contributed by atoms with Gasteiger partial charge < -0.3 is 15.2 Å². The molecule has 11 heteroatoms. The number of esters is 1. The van der Waals surface area contributed by atoms with Crippen LogP contribution in [-0.2, 0) is 4.74 Å².